The van der Waals surface area contributed by atoms with Crippen LogP contribution in [0.4, 0.5) is 11.9 Å². The van der Waals surface area contributed by atoms with E-state index < -0.39 is 0 Å². The van der Waals surface area contributed by atoms with Crippen LogP contribution in [-0.4, -0.2) is 27.3 Å². The highest BCUT2D eigenvalue weighted by Gasteiger charge is 2.34. The molecule has 0 amide bonds. The molecule has 0 radical (unpaired) electrons. The van der Waals surface area contributed by atoms with Crippen LogP contribution in [0.15, 0.2) is 0 Å². The molecule has 0 unspecified atom stereocenters. The zero-order valence-corrected chi connectivity index (χ0v) is 8.04. The SMILES string of the molecule is CC1(C)CCCN1c1n[nH]c(N)n1. The van der Waals surface area contributed by atoms with E-state index in [1.807, 2.05) is 0 Å². The molecule has 2 heterocycles. The summed E-state index contributed by atoms with van der Waals surface area (Å²) in [6.07, 6.45) is 2.38. The average Bonchev–Trinajstić information content (AvgIpc) is 2.56. The molecule has 5 nitrogen and oxygen atoms in total. The van der Waals surface area contributed by atoms with Crippen LogP contribution in [0, 0.1) is 0 Å². The predicted octanol–water partition coefficient (Wildman–Crippen LogP) is 0.766. The van der Waals surface area contributed by atoms with Gasteiger partial charge in [0.1, 0.15) is 0 Å². The zero-order valence-electron chi connectivity index (χ0n) is 8.04. The highest BCUT2D eigenvalue weighted by atomic mass is 15.4. The summed E-state index contributed by atoms with van der Waals surface area (Å²) in [6.45, 7) is 5.42. The molecule has 1 saturated heterocycles. The van der Waals surface area contributed by atoms with Crippen LogP contribution in [0.25, 0.3) is 0 Å². The van der Waals surface area contributed by atoms with Crippen molar-refractivity contribution in [2.75, 3.05) is 17.2 Å². The van der Waals surface area contributed by atoms with Gasteiger partial charge in [0.05, 0.1) is 0 Å². The van der Waals surface area contributed by atoms with Gasteiger partial charge in [-0.25, -0.2) is 5.10 Å². The number of rotatable bonds is 1. The molecular weight excluding hydrogens is 166 g/mol. The minimum Gasteiger partial charge on any atom is -0.368 e. The fourth-order valence-corrected chi connectivity index (χ4v) is 1.86. The highest BCUT2D eigenvalue weighted by Crippen LogP contribution is 2.31. The number of aromatic nitrogens is 3. The zero-order chi connectivity index (χ0) is 9.47. The lowest BCUT2D eigenvalue weighted by atomic mass is 10.0. The number of aromatic amines is 1. The van der Waals surface area contributed by atoms with Crippen LogP contribution in [0.3, 0.4) is 0 Å². The number of H-pyrrole nitrogens is 1. The van der Waals surface area contributed by atoms with Gasteiger partial charge in [0, 0.05) is 12.1 Å². The third kappa shape index (κ3) is 1.34. The first-order chi connectivity index (χ1) is 6.09. The van der Waals surface area contributed by atoms with Gasteiger partial charge in [-0.15, -0.1) is 5.10 Å². The van der Waals surface area contributed by atoms with E-state index in [2.05, 4.69) is 33.9 Å². The molecule has 0 atom stereocenters. The average molecular weight is 181 g/mol. The Morgan fingerprint density at radius 3 is 2.77 bits per heavy atom. The first kappa shape index (κ1) is 8.34. The Labute approximate surface area is 77.3 Å². The number of nitrogens with zero attached hydrogens (tertiary/aromatic N) is 3. The number of nitrogens with one attached hydrogen (secondary N) is 1. The topological polar surface area (TPSA) is 70.8 Å². The van der Waals surface area contributed by atoms with Gasteiger partial charge in [0.25, 0.3) is 0 Å². The van der Waals surface area contributed by atoms with Crippen LogP contribution in [0.5, 0.6) is 0 Å². The number of nitrogens with two attached hydrogens (primary N) is 1. The Morgan fingerprint density at radius 2 is 2.31 bits per heavy atom. The monoisotopic (exact) mass is 181 g/mol. The van der Waals surface area contributed by atoms with Gasteiger partial charge in [-0.1, -0.05) is 0 Å². The van der Waals surface area contributed by atoms with E-state index in [0.717, 1.165) is 12.5 Å². The van der Waals surface area contributed by atoms with Crippen molar-refractivity contribution in [3.63, 3.8) is 0 Å². The van der Waals surface area contributed by atoms with E-state index >= 15 is 0 Å². The number of anilines is 2. The minimum absolute atomic E-state index is 0.161. The lowest BCUT2D eigenvalue weighted by Gasteiger charge is -2.30. The quantitative estimate of drug-likeness (QED) is 0.671. The van der Waals surface area contributed by atoms with Crippen LogP contribution in [0.2, 0.25) is 0 Å². The van der Waals surface area contributed by atoms with Crippen LogP contribution < -0.4 is 10.6 Å². The van der Waals surface area contributed by atoms with Gasteiger partial charge in [0.15, 0.2) is 0 Å². The van der Waals surface area contributed by atoms with Crippen molar-refractivity contribution >= 4 is 11.9 Å². The number of hydrogen-bond donors (Lipinski definition) is 2. The molecule has 0 aliphatic carbocycles. The van der Waals surface area contributed by atoms with E-state index in [9.17, 15) is 0 Å². The Balaban J connectivity index is 2.26. The molecule has 0 saturated carbocycles. The molecule has 13 heavy (non-hydrogen) atoms. The van der Waals surface area contributed by atoms with Crippen molar-refractivity contribution in [1.29, 1.82) is 0 Å². The first-order valence-electron chi connectivity index (χ1n) is 4.55. The maximum atomic E-state index is 5.48. The summed E-state index contributed by atoms with van der Waals surface area (Å²) in [7, 11) is 0. The molecule has 1 fully saturated rings. The Bertz CT molecular complexity index is 303. The van der Waals surface area contributed by atoms with Gasteiger partial charge in [0.2, 0.25) is 11.9 Å². The van der Waals surface area contributed by atoms with Crippen LogP contribution in [0.1, 0.15) is 26.7 Å². The van der Waals surface area contributed by atoms with Crippen molar-refractivity contribution in [2.24, 2.45) is 0 Å². The fourth-order valence-electron chi connectivity index (χ4n) is 1.86. The molecule has 5 heteroatoms. The molecule has 0 aromatic carbocycles. The summed E-state index contributed by atoms with van der Waals surface area (Å²) in [5.41, 5.74) is 5.64. The molecule has 1 aliphatic rings. The normalized spacial score (nSPS) is 20.9. The standard InChI is InChI=1S/C8H15N5/c1-8(2)4-3-5-13(8)7-10-6(9)11-12-7/h3-5H2,1-2H3,(H3,9,10,11,12). The summed E-state index contributed by atoms with van der Waals surface area (Å²) >= 11 is 0. The maximum Gasteiger partial charge on any atom is 0.246 e. The minimum atomic E-state index is 0.161. The molecule has 3 N–H and O–H groups in total. The van der Waals surface area contributed by atoms with E-state index in [-0.39, 0.29) is 5.54 Å². The molecule has 0 bridgehead atoms. The van der Waals surface area contributed by atoms with E-state index in [4.69, 9.17) is 5.73 Å². The van der Waals surface area contributed by atoms with Crippen molar-refractivity contribution in [2.45, 2.75) is 32.2 Å². The largest absolute Gasteiger partial charge is 0.368 e. The summed E-state index contributed by atoms with van der Waals surface area (Å²) in [5, 5.41) is 6.72. The number of hydrogen-bond acceptors (Lipinski definition) is 4. The van der Waals surface area contributed by atoms with Gasteiger partial charge >= 0.3 is 0 Å². The fraction of sp³-hybridized carbons (Fsp3) is 0.750. The number of nitrogen functional groups attached to an aromatic ring is 1. The third-order valence-corrected chi connectivity index (χ3v) is 2.63. The second kappa shape index (κ2) is 2.61. The molecule has 1 aliphatic heterocycles. The first-order valence-corrected chi connectivity index (χ1v) is 4.55. The van der Waals surface area contributed by atoms with E-state index in [0.29, 0.717) is 5.95 Å². The van der Waals surface area contributed by atoms with E-state index in [1.165, 1.54) is 12.8 Å². The third-order valence-electron chi connectivity index (χ3n) is 2.63. The molecule has 2 rings (SSSR count). The summed E-state index contributed by atoms with van der Waals surface area (Å²) < 4.78 is 0. The molecular formula is C8H15N5. The Morgan fingerprint density at radius 1 is 1.54 bits per heavy atom. The predicted molar refractivity (Wildman–Crippen MR) is 51.5 cm³/mol. The van der Waals surface area contributed by atoms with E-state index in [1.54, 1.807) is 0 Å². The van der Waals surface area contributed by atoms with Crippen LogP contribution >= 0.6 is 0 Å². The van der Waals surface area contributed by atoms with Gasteiger partial charge in [-0.2, -0.15) is 4.98 Å². The molecule has 72 valence electrons. The maximum absolute atomic E-state index is 5.48. The Kier molecular flexibility index (Phi) is 1.68. The van der Waals surface area contributed by atoms with Gasteiger partial charge in [-0.3, -0.25) is 0 Å². The van der Waals surface area contributed by atoms with Crippen molar-refractivity contribution < 1.29 is 0 Å². The van der Waals surface area contributed by atoms with Crippen molar-refractivity contribution in [3.05, 3.63) is 0 Å². The van der Waals surface area contributed by atoms with Crippen molar-refractivity contribution in [3.8, 4) is 0 Å². The van der Waals surface area contributed by atoms with Gasteiger partial charge in [-0.05, 0) is 26.7 Å². The second-order valence-corrected chi connectivity index (χ2v) is 4.09. The molecule has 1 aromatic rings. The molecule has 0 spiro atoms. The Hall–Kier alpha value is -1.26. The summed E-state index contributed by atoms with van der Waals surface area (Å²) in [5.74, 6) is 1.11. The highest BCUT2D eigenvalue weighted by molar-refractivity contribution is 5.38. The lowest BCUT2D eigenvalue weighted by molar-refractivity contribution is 0.510. The molecule has 1 aromatic heterocycles. The lowest BCUT2D eigenvalue weighted by Crippen LogP contribution is -2.38. The summed E-state index contributed by atoms with van der Waals surface area (Å²) in [4.78, 5) is 6.32. The van der Waals surface area contributed by atoms with Crippen LogP contribution in [-0.2, 0) is 0 Å². The second-order valence-electron chi connectivity index (χ2n) is 4.09. The smallest absolute Gasteiger partial charge is 0.246 e. The summed E-state index contributed by atoms with van der Waals surface area (Å²) in [6, 6.07) is 0. The van der Waals surface area contributed by atoms with Gasteiger partial charge < -0.3 is 10.6 Å². The van der Waals surface area contributed by atoms with Crippen molar-refractivity contribution in [1.82, 2.24) is 15.2 Å².